The summed E-state index contributed by atoms with van der Waals surface area (Å²) < 4.78 is 0. The fourth-order valence-electron chi connectivity index (χ4n) is 3.68. The standard InChI is InChI=1S/C22H42N2O/c1-2-3-4-5-6-7-8-9-10-11-12-13-14-15-16-17-22-23-18-19-24(22)20-21-25/h2,18,22,25H,1,3-17,19-21H2. The van der Waals surface area contributed by atoms with Crippen LogP contribution in [0.25, 0.3) is 0 Å². The van der Waals surface area contributed by atoms with Crippen molar-refractivity contribution in [2.45, 2.75) is 102 Å². The molecule has 0 amide bonds. The van der Waals surface area contributed by atoms with Gasteiger partial charge in [-0.1, -0.05) is 76.7 Å². The highest BCUT2D eigenvalue weighted by atomic mass is 16.3. The molecule has 0 fully saturated rings. The van der Waals surface area contributed by atoms with Gasteiger partial charge in [0.1, 0.15) is 6.17 Å². The van der Waals surface area contributed by atoms with E-state index in [0.29, 0.717) is 6.17 Å². The van der Waals surface area contributed by atoms with Crippen LogP contribution < -0.4 is 0 Å². The Labute approximate surface area is 156 Å². The van der Waals surface area contributed by atoms with E-state index in [1.807, 2.05) is 12.3 Å². The van der Waals surface area contributed by atoms with Gasteiger partial charge in [-0.3, -0.25) is 9.89 Å². The van der Waals surface area contributed by atoms with E-state index in [-0.39, 0.29) is 6.61 Å². The molecule has 0 saturated heterocycles. The summed E-state index contributed by atoms with van der Waals surface area (Å²) in [6.07, 6.45) is 24.8. The van der Waals surface area contributed by atoms with Gasteiger partial charge in [0.25, 0.3) is 0 Å². The molecule has 3 heteroatoms. The Kier molecular flexibility index (Phi) is 15.0. The Balaban J connectivity index is 1.76. The molecule has 0 spiro atoms. The Morgan fingerprint density at radius 3 is 1.92 bits per heavy atom. The van der Waals surface area contributed by atoms with Gasteiger partial charge in [0, 0.05) is 19.3 Å². The summed E-state index contributed by atoms with van der Waals surface area (Å²) in [5.41, 5.74) is 0. The molecule has 0 aromatic heterocycles. The van der Waals surface area contributed by atoms with Crippen molar-refractivity contribution in [3.05, 3.63) is 12.7 Å². The maximum atomic E-state index is 9.05. The number of rotatable bonds is 18. The van der Waals surface area contributed by atoms with E-state index in [1.54, 1.807) is 0 Å². The predicted octanol–water partition coefficient (Wildman–Crippen LogP) is 5.73. The van der Waals surface area contributed by atoms with Crippen molar-refractivity contribution in [1.82, 2.24) is 4.90 Å². The number of hydrogen-bond acceptors (Lipinski definition) is 3. The van der Waals surface area contributed by atoms with Gasteiger partial charge in [-0.25, -0.2) is 0 Å². The lowest BCUT2D eigenvalue weighted by atomic mass is 10.0. The van der Waals surface area contributed by atoms with E-state index in [1.165, 1.54) is 89.9 Å². The van der Waals surface area contributed by atoms with Crippen LogP contribution in [-0.2, 0) is 0 Å². The van der Waals surface area contributed by atoms with Crippen LogP contribution >= 0.6 is 0 Å². The molecule has 0 radical (unpaired) electrons. The summed E-state index contributed by atoms with van der Waals surface area (Å²) in [4.78, 5) is 6.80. The lowest BCUT2D eigenvalue weighted by molar-refractivity contribution is 0.176. The van der Waals surface area contributed by atoms with Crippen LogP contribution in [0.15, 0.2) is 17.6 Å². The highest BCUT2D eigenvalue weighted by Gasteiger charge is 2.19. The summed E-state index contributed by atoms with van der Waals surface area (Å²) >= 11 is 0. The molecule has 0 bridgehead atoms. The van der Waals surface area contributed by atoms with Crippen LogP contribution in [0.2, 0.25) is 0 Å². The molecule has 0 saturated carbocycles. The van der Waals surface area contributed by atoms with Gasteiger partial charge in [0.2, 0.25) is 0 Å². The molecule has 1 atom stereocenters. The Morgan fingerprint density at radius 2 is 1.40 bits per heavy atom. The third-order valence-corrected chi connectivity index (χ3v) is 5.27. The number of nitrogens with zero attached hydrogens (tertiary/aromatic N) is 2. The molecule has 146 valence electrons. The van der Waals surface area contributed by atoms with Crippen molar-refractivity contribution >= 4 is 6.21 Å². The zero-order valence-corrected chi connectivity index (χ0v) is 16.5. The normalized spacial score (nSPS) is 17.4. The average Bonchev–Trinajstić information content (AvgIpc) is 3.06. The van der Waals surface area contributed by atoms with Crippen LogP contribution in [0.1, 0.15) is 96.3 Å². The quantitative estimate of drug-likeness (QED) is 0.253. The van der Waals surface area contributed by atoms with E-state index < -0.39 is 0 Å². The van der Waals surface area contributed by atoms with Gasteiger partial charge < -0.3 is 5.11 Å². The number of β-amino-alcohol motifs (C(OH)–C–C–N with tert-alkyl or cyclic N) is 1. The van der Waals surface area contributed by atoms with Gasteiger partial charge in [-0.15, -0.1) is 6.58 Å². The van der Waals surface area contributed by atoms with E-state index in [9.17, 15) is 0 Å². The summed E-state index contributed by atoms with van der Waals surface area (Å²) in [6, 6.07) is 0. The molecule has 0 aliphatic carbocycles. The first-order chi connectivity index (χ1) is 12.4. The summed E-state index contributed by atoms with van der Waals surface area (Å²) in [5.74, 6) is 0. The van der Waals surface area contributed by atoms with Crippen molar-refractivity contribution in [2.75, 3.05) is 19.7 Å². The summed E-state index contributed by atoms with van der Waals surface area (Å²) in [7, 11) is 0. The fourth-order valence-corrected chi connectivity index (χ4v) is 3.68. The zero-order chi connectivity index (χ0) is 18.0. The van der Waals surface area contributed by atoms with Gasteiger partial charge in [0.05, 0.1) is 6.61 Å². The van der Waals surface area contributed by atoms with Crippen LogP contribution in [0.3, 0.4) is 0 Å². The molecule has 1 aliphatic heterocycles. The van der Waals surface area contributed by atoms with Crippen LogP contribution in [0.4, 0.5) is 0 Å². The minimum absolute atomic E-state index is 0.245. The lowest BCUT2D eigenvalue weighted by Crippen LogP contribution is -2.32. The van der Waals surface area contributed by atoms with E-state index in [0.717, 1.165) is 19.5 Å². The summed E-state index contributed by atoms with van der Waals surface area (Å²) in [5, 5.41) is 9.05. The minimum atomic E-state index is 0.245. The monoisotopic (exact) mass is 350 g/mol. The maximum Gasteiger partial charge on any atom is 0.102 e. The largest absolute Gasteiger partial charge is 0.395 e. The van der Waals surface area contributed by atoms with E-state index in [2.05, 4.69) is 16.5 Å². The molecule has 1 unspecified atom stereocenters. The van der Waals surface area contributed by atoms with Crippen molar-refractivity contribution in [3.8, 4) is 0 Å². The molecular formula is C22H42N2O. The number of aliphatic hydroxyl groups is 1. The SMILES string of the molecule is C=CCCCCCCCCCCCCCCCC1N=CCN1CCO. The second-order valence-corrected chi connectivity index (χ2v) is 7.49. The van der Waals surface area contributed by atoms with Crippen molar-refractivity contribution < 1.29 is 5.11 Å². The molecule has 1 N–H and O–H groups in total. The molecular weight excluding hydrogens is 308 g/mol. The lowest BCUT2D eigenvalue weighted by Gasteiger charge is -2.21. The molecule has 1 rings (SSSR count). The Morgan fingerprint density at radius 1 is 0.880 bits per heavy atom. The van der Waals surface area contributed by atoms with Gasteiger partial charge in [0.15, 0.2) is 0 Å². The number of unbranched alkanes of at least 4 members (excludes halogenated alkanes) is 13. The first kappa shape index (κ1) is 22.4. The first-order valence-electron chi connectivity index (χ1n) is 10.9. The first-order valence-corrected chi connectivity index (χ1v) is 10.9. The minimum Gasteiger partial charge on any atom is -0.395 e. The highest BCUT2D eigenvalue weighted by Crippen LogP contribution is 2.16. The fraction of sp³-hybridized carbons (Fsp3) is 0.864. The molecule has 25 heavy (non-hydrogen) atoms. The highest BCUT2D eigenvalue weighted by molar-refractivity contribution is 5.62. The van der Waals surface area contributed by atoms with Crippen LogP contribution in [0, 0.1) is 0 Å². The Bertz CT molecular complexity index is 330. The number of allylic oxidation sites excluding steroid dienone is 1. The molecule has 1 aliphatic rings. The molecule has 1 heterocycles. The molecule has 3 nitrogen and oxygen atoms in total. The average molecular weight is 351 g/mol. The number of hydrogen-bond donors (Lipinski definition) is 1. The van der Waals surface area contributed by atoms with Gasteiger partial charge >= 0.3 is 0 Å². The van der Waals surface area contributed by atoms with E-state index in [4.69, 9.17) is 5.11 Å². The van der Waals surface area contributed by atoms with Crippen molar-refractivity contribution in [1.29, 1.82) is 0 Å². The topological polar surface area (TPSA) is 35.8 Å². The van der Waals surface area contributed by atoms with Crippen LogP contribution in [0.5, 0.6) is 0 Å². The number of aliphatic imine (C=N–C) groups is 1. The second kappa shape index (κ2) is 16.8. The third-order valence-electron chi connectivity index (χ3n) is 5.27. The van der Waals surface area contributed by atoms with Gasteiger partial charge in [-0.05, 0) is 25.7 Å². The molecule has 0 aromatic rings. The van der Waals surface area contributed by atoms with Crippen molar-refractivity contribution in [3.63, 3.8) is 0 Å². The molecule has 0 aromatic carbocycles. The van der Waals surface area contributed by atoms with E-state index >= 15 is 0 Å². The smallest absolute Gasteiger partial charge is 0.102 e. The van der Waals surface area contributed by atoms with Crippen LogP contribution in [-0.4, -0.2) is 42.1 Å². The maximum absolute atomic E-state index is 9.05. The number of aliphatic hydroxyl groups excluding tert-OH is 1. The van der Waals surface area contributed by atoms with Crippen molar-refractivity contribution in [2.24, 2.45) is 4.99 Å². The Hall–Kier alpha value is -0.670. The zero-order valence-electron chi connectivity index (χ0n) is 16.5. The van der Waals surface area contributed by atoms with Gasteiger partial charge in [-0.2, -0.15) is 0 Å². The summed E-state index contributed by atoms with van der Waals surface area (Å²) in [6.45, 7) is 5.70. The third kappa shape index (κ3) is 12.3. The predicted molar refractivity (Wildman–Crippen MR) is 110 cm³/mol. The second-order valence-electron chi connectivity index (χ2n) is 7.49.